The van der Waals surface area contributed by atoms with Crippen molar-refractivity contribution in [2.75, 3.05) is 7.11 Å². The number of carbonyl (C=O) groups is 1. The third kappa shape index (κ3) is 2.49. The van der Waals surface area contributed by atoms with Crippen molar-refractivity contribution in [1.29, 1.82) is 0 Å². The van der Waals surface area contributed by atoms with Crippen molar-refractivity contribution in [2.45, 2.75) is 37.8 Å². The van der Waals surface area contributed by atoms with Gasteiger partial charge < -0.3 is 10.1 Å². The number of rotatable bonds is 4. The second-order valence-electron chi connectivity index (χ2n) is 5.56. The molecule has 0 bridgehead atoms. The van der Waals surface area contributed by atoms with Crippen molar-refractivity contribution >= 4 is 16.9 Å². The standard InChI is InChI=1S/C16H19N3O2/c1-11(16(21-2)8-5-9-16)18-15(20)14-10-17-12-6-3-4-7-13(12)19-14/h3-4,6-7,10-11H,5,8-9H2,1-2H3,(H,18,20). The smallest absolute Gasteiger partial charge is 0.271 e. The maximum absolute atomic E-state index is 12.3. The number of para-hydroxylation sites is 2. The summed E-state index contributed by atoms with van der Waals surface area (Å²) in [6.07, 6.45) is 4.62. The van der Waals surface area contributed by atoms with Crippen LogP contribution in [0.15, 0.2) is 30.5 Å². The second-order valence-corrected chi connectivity index (χ2v) is 5.56. The highest BCUT2D eigenvalue weighted by atomic mass is 16.5. The van der Waals surface area contributed by atoms with Gasteiger partial charge in [0.25, 0.3) is 5.91 Å². The van der Waals surface area contributed by atoms with Gasteiger partial charge in [-0.3, -0.25) is 9.78 Å². The Morgan fingerprint density at radius 1 is 1.33 bits per heavy atom. The summed E-state index contributed by atoms with van der Waals surface area (Å²) in [6, 6.07) is 7.47. The minimum Gasteiger partial charge on any atom is -0.376 e. The molecule has 0 radical (unpaired) electrons. The Bertz CT molecular complexity index is 662. The number of benzene rings is 1. The average molecular weight is 285 g/mol. The number of nitrogens with zero attached hydrogens (tertiary/aromatic N) is 2. The molecule has 0 saturated heterocycles. The monoisotopic (exact) mass is 285 g/mol. The molecule has 3 rings (SSSR count). The van der Waals surface area contributed by atoms with E-state index in [4.69, 9.17) is 4.74 Å². The number of amides is 1. The van der Waals surface area contributed by atoms with Gasteiger partial charge in [0.05, 0.1) is 28.9 Å². The minimum atomic E-state index is -0.222. The molecule has 110 valence electrons. The van der Waals surface area contributed by atoms with Crippen LogP contribution in [0, 0.1) is 0 Å². The quantitative estimate of drug-likeness (QED) is 0.936. The Morgan fingerprint density at radius 3 is 2.67 bits per heavy atom. The van der Waals surface area contributed by atoms with E-state index < -0.39 is 0 Å². The van der Waals surface area contributed by atoms with Gasteiger partial charge in [0.15, 0.2) is 0 Å². The van der Waals surface area contributed by atoms with E-state index in [0.717, 1.165) is 30.3 Å². The molecule has 1 unspecified atom stereocenters. The Morgan fingerprint density at radius 2 is 2.05 bits per heavy atom. The molecule has 1 saturated carbocycles. The summed E-state index contributed by atoms with van der Waals surface area (Å²) in [5.41, 5.74) is 1.63. The molecule has 2 aromatic rings. The predicted molar refractivity (Wildman–Crippen MR) is 80.1 cm³/mol. The number of nitrogens with one attached hydrogen (secondary N) is 1. The van der Waals surface area contributed by atoms with E-state index in [2.05, 4.69) is 15.3 Å². The SMILES string of the molecule is COC1(C(C)NC(=O)c2cnc3ccccc3n2)CCC1. The molecule has 1 aromatic carbocycles. The molecular weight excluding hydrogens is 266 g/mol. The van der Waals surface area contributed by atoms with Crippen LogP contribution in [0.1, 0.15) is 36.7 Å². The van der Waals surface area contributed by atoms with Gasteiger partial charge in [-0.05, 0) is 38.3 Å². The lowest BCUT2D eigenvalue weighted by molar-refractivity contribution is -0.0919. The molecule has 0 spiro atoms. The van der Waals surface area contributed by atoms with Gasteiger partial charge in [-0.1, -0.05) is 12.1 Å². The van der Waals surface area contributed by atoms with Gasteiger partial charge in [-0.25, -0.2) is 4.98 Å². The summed E-state index contributed by atoms with van der Waals surface area (Å²) < 4.78 is 5.59. The van der Waals surface area contributed by atoms with Crippen molar-refractivity contribution in [3.63, 3.8) is 0 Å². The molecule has 1 heterocycles. The Hall–Kier alpha value is -2.01. The van der Waals surface area contributed by atoms with E-state index in [-0.39, 0.29) is 17.6 Å². The van der Waals surface area contributed by atoms with Crippen molar-refractivity contribution in [3.05, 3.63) is 36.2 Å². The van der Waals surface area contributed by atoms with Crippen molar-refractivity contribution in [1.82, 2.24) is 15.3 Å². The van der Waals surface area contributed by atoms with Crippen LogP contribution in [0.4, 0.5) is 0 Å². The van der Waals surface area contributed by atoms with Crippen molar-refractivity contribution in [2.24, 2.45) is 0 Å². The lowest BCUT2D eigenvalue weighted by Crippen LogP contribution is -2.56. The normalized spacial score (nSPS) is 18.0. The first-order chi connectivity index (χ1) is 10.1. The largest absolute Gasteiger partial charge is 0.376 e. The predicted octanol–water partition coefficient (Wildman–Crippen LogP) is 2.32. The number of methoxy groups -OCH3 is 1. The fourth-order valence-corrected chi connectivity index (χ4v) is 2.81. The molecule has 1 aliphatic rings. The van der Waals surface area contributed by atoms with Crippen molar-refractivity contribution < 1.29 is 9.53 Å². The molecule has 1 N–H and O–H groups in total. The molecule has 1 amide bonds. The molecule has 1 atom stereocenters. The maximum Gasteiger partial charge on any atom is 0.271 e. The zero-order chi connectivity index (χ0) is 14.9. The molecule has 5 nitrogen and oxygen atoms in total. The van der Waals surface area contributed by atoms with Crippen LogP contribution in [0.3, 0.4) is 0 Å². The van der Waals surface area contributed by atoms with Crippen LogP contribution in [-0.4, -0.2) is 34.6 Å². The zero-order valence-corrected chi connectivity index (χ0v) is 12.3. The van der Waals surface area contributed by atoms with Crippen LogP contribution in [-0.2, 0) is 4.74 Å². The van der Waals surface area contributed by atoms with Gasteiger partial charge in [0, 0.05) is 7.11 Å². The lowest BCUT2D eigenvalue weighted by Gasteiger charge is -2.45. The molecule has 5 heteroatoms. The summed E-state index contributed by atoms with van der Waals surface area (Å²) in [5.74, 6) is -0.205. The zero-order valence-electron chi connectivity index (χ0n) is 12.3. The van der Waals surface area contributed by atoms with Crippen LogP contribution < -0.4 is 5.32 Å². The Labute approximate surface area is 123 Å². The molecular formula is C16H19N3O2. The number of hydrogen-bond donors (Lipinski definition) is 1. The summed E-state index contributed by atoms with van der Waals surface area (Å²) in [4.78, 5) is 21.0. The fraction of sp³-hybridized carbons (Fsp3) is 0.438. The number of ether oxygens (including phenoxy) is 1. The molecule has 1 fully saturated rings. The number of fused-ring (bicyclic) bond motifs is 1. The third-order valence-electron chi connectivity index (χ3n) is 4.42. The third-order valence-corrected chi connectivity index (χ3v) is 4.42. The maximum atomic E-state index is 12.3. The van der Waals surface area contributed by atoms with Crippen LogP contribution in [0.2, 0.25) is 0 Å². The number of hydrogen-bond acceptors (Lipinski definition) is 4. The van der Waals surface area contributed by atoms with E-state index in [9.17, 15) is 4.79 Å². The highest BCUT2D eigenvalue weighted by Crippen LogP contribution is 2.37. The van der Waals surface area contributed by atoms with Gasteiger partial charge in [-0.2, -0.15) is 0 Å². The van der Waals surface area contributed by atoms with Crippen LogP contribution in [0.5, 0.6) is 0 Å². The molecule has 0 aliphatic heterocycles. The summed E-state index contributed by atoms with van der Waals surface area (Å²) in [7, 11) is 1.71. The summed E-state index contributed by atoms with van der Waals surface area (Å²) in [5, 5.41) is 2.99. The van der Waals surface area contributed by atoms with Gasteiger partial charge >= 0.3 is 0 Å². The average Bonchev–Trinajstić information content (AvgIpc) is 2.46. The van der Waals surface area contributed by atoms with E-state index in [0.29, 0.717) is 5.69 Å². The molecule has 21 heavy (non-hydrogen) atoms. The fourth-order valence-electron chi connectivity index (χ4n) is 2.81. The first-order valence-corrected chi connectivity index (χ1v) is 7.22. The van der Waals surface area contributed by atoms with Gasteiger partial charge in [-0.15, -0.1) is 0 Å². The Balaban J connectivity index is 1.77. The lowest BCUT2D eigenvalue weighted by atomic mass is 9.75. The molecule has 1 aliphatic carbocycles. The van der Waals surface area contributed by atoms with E-state index in [1.807, 2.05) is 31.2 Å². The van der Waals surface area contributed by atoms with E-state index in [1.165, 1.54) is 6.20 Å². The minimum absolute atomic E-state index is 0.0444. The number of aromatic nitrogens is 2. The van der Waals surface area contributed by atoms with Gasteiger partial charge in [0.1, 0.15) is 5.69 Å². The van der Waals surface area contributed by atoms with E-state index >= 15 is 0 Å². The second kappa shape index (κ2) is 5.41. The van der Waals surface area contributed by atoms with E-state index in [1.54, 1.807) is 7.11 Å². The summed E-state index contributed by atoms with van der Waals surface area (Å²) >= 11 is 0. The first kappa shape index (κ1) is 13.9. The molecule has 1 aromatic heterocycles. The van der Waals surface area contributed by atoms with Crippen LogP contribution >= 0.6 is 0 Å². The highest BCUT2D eigenvalue weighted by molar-refractivity contribution is 5.94. The highest BCUT2D eigenvalue weighted by Gasteiger charge is 2.43. The Kier molecular flexibility index (Phi) is 3.59. The van der Waals surface area contributed by atoms with Crippen LogP contribution in [0.25, 0.3) is 11.0 Å². The number of carbonyl (C=O) groups excluding carboxylic acids is 1. The summed E-state index contributed by atoms with van der Waals surface area (Å²) in [6.45, 7) is 1.98. The van der Waals surface area contributed by atoms with Gasteiger partial charge in [0.2, 0.25) is 0 Å². The topological polar surface area (TPSA) is 64.1 Å². The van der Waals surface area contributed by atoms with Crippen molar-refractivity contribution in [3.8, 4) is 0 Å². The first-order valence-electron chi connectivity index (χ1n) is 7.22.